The van der Waals surface area contributed by atoms with Gasteiger partial charge in [-0.15, -0.1) is 0 Å². The maximum atomic E-state index is 10.7. The fourth-order valence-corrected chi connectivity index (χ4v) is 1.16. The van der Waals surface area contributed by atoms with E-state index in [0.717, 1.165) is 5.56 Å². The van der Waals surface area contributed by atoms with Gasteiger partial charge in [0.2, 0.25) is 5.88 Å². The van der Waals surface area contributed by atoms with Crippen LogP contribution in [0.1, 0.15) is 5.56 Å². The summed E-state index contributed by atoms with van der Waals surface area (Å²) in [5, 5.41) is 0. The van der Waals surface area contributed by atoms with Gasteiger partial charge in [-0.1, -0.05) is 36.4 Å². The first kappa shape index (κ1) is 17.9. The number of halogens is 3. The van der Waals surface area contributed by atoms with E-state index in [2.05, 4.69) is 4.98 Å². The van der Waals surface area contributed by atoms with Crippen molar-refractivity contribution in [1.29, 1.82) is 0 Å². The monoisotopic (exact) mass is 335 g/mol. The molecule has 120 valence electrons. The minimum Gasteiger partial charge on any atom is -0.473 e. The molecule has 22 heavy (non-hydrogen) atoms. The average Bonchev–Trinajstić information content (AvgIpc) is 2.46. The Kier molecular flexibility index (Phi) is 6.32. The highest BCUT2D eigenvalue weighted by Gasteiger charge is 2.44. The van der Waals surface area contributed by atoms with Gasteiger partial charge >= 0.3 is 15.6 Å². The van der Waals surface area contributed by atoms with Crippen LogP contribution < -0.4 is 4.74 Å². The highest BCUT2D eigenvalue weighted by atomic mass is 32.2. The molecule has 0 radical (unpaired) electrons. The quantitative estimate of drug-likeness (QED) is 0.689. The summed E-state index contributed by atoms with van der Waals surface area (Å²) in [6.07, 6.45) is 1.72. The molecule has 0 aliphatic rings. The van der Waals surface area contributed by atoms with Gasteiger partial charge in [0, 0.05) is 12.3 Å². The number of pyridine rings is 1. The van der Waals surface area contributed by atoms with E-state index in [9.17, 15) is 13.2 Å². The summed E-state index contributed by atoms with van der Waals surface area (Å²) in [4.78, 5) is 4.07. The fourth-order valence-electron chi connectivity index (χ4n) is 1.16. The molecule has 0 atom stereocenters. The molecule has 1 aromatic carbocycles. The van der Waals surface area contributed by atoms with Gasteiger partial charge in [-0.3, -0.25) is 4.55 Å². The zero-order valence-corrected chi connectivity index (χ0v) is 11.9. The van der Waals surface area contributed by atoms with Crippen LogP contribution in [0.4, 0.5) is 13.2 Å². The molecule has 9 heteroatoms. The van der Waals surface area contributed by atoms with E-state index in [1.807, 2.05) is 48.5 Å². The van der Waals surface area contributed by atoms with Crippen LogP contribution in [0.15, 0.2) is 54.7 Å². The molecular formula is C13H12F3NO4S. The van der Waals surface area contributed by atoms with Crippen molar-refractivity contribution >= 4 is 10.1 Å². The van der Waals surface area contributed by atoms with Crippen molar-refractivity contribution < 1.29 is 30.9 Å². The molecular weight excluding hydrogens is 323 g/mol. The van der Waals surface area contributed by atoms with Crippen molar-refractivity contribution in [3.63, 3.8) is 0 Å². The van der Waals surface area contributed by atoms with E-state index >= 15 is 0 Å². The van der Waals surface area contributed by atoms with Crippen molar-refractivity contribution in [2.75, 3.05) is 0 Å². The molecule has 1 N–H and O–H groups in total. The minimum absolute atomic E-state index is 0.567. The fraction of sp³-hybridized carbons (Fsp3) is 0.154. The van der Waals surface area contributed by atoms with Gasteiger partial charge in [-0.05, 0) is 11.6 Å². The predicted molar refractivity (Wildman–Crippen MR) is 72.6 cm³/mol. The Morgan fingerprint density at radius 2 is 1.59 bits per heavy atom. The molecule has 1 heterocycles. The first-order valence-corrected chi connectivity index (χ1v) is 7.25. The molecule has 0 unspecified atom stereocenters. The van der Waals surface area contributed by atoms with Crippen molar-refractivity contribution in [2.45, 2.75) is 12.1 Å². The zero-order valence-electron chi connectivity index (χ0n) is 11.1. The van der Waals surface area contributed by atoms with Gasteiger partial charge in [0.25, 0.3) is 0 Å². The summed E-state index contributed by atoms with van der Waals surface area (Å²) in [5.74, 6) is 0.663. The Morgan fingerprint density at radius 1 is 1.05 bits per heavy atom. The number of ether oxygens (including phenoxy) is 1. The van der Waals surface area contributed by atoms with Crippen LogP contribution in [0.2, 0.25) is 0 Å². The number of benzene rings is 1. The van der Waals surface area contributed by atoms with Gasteiger partial charge in [-0.2, -0.15) is 21.6 Å². The van der Waals surface area contributed by atoms with E-state index < -0.39 is 15.6 Å². The van der Waals surface area contributed by atoms with Crippen LogP contribution in [-0.2, 0) is 16.7 Å². The third-order valence-electron chi connectivity index (χ3n) is 2.16. The summed E-state index contributed by atoms with van der Waals surface area (Å²) in [7, 11) is -5.84. The van der Waals surface area contributed by atoms with Crippen LogP contribution in [0.5, 0.6) is 5.88 Å². The maximum absolute atomic E-state index is 10.7. The van der Waals surface area contributed by atoms with E-state index in [-0.39, 0.29) is 0 Å². The molecule has 0 bridgehead atoms. The van der Waals surface area contributed by atoms with Crippen molar-refractivity contribution in [1.82, 2.24) is 4.98 Å². The highest BCUT2D eigenvalue weighted by Crippen LogP contribution is 2.20. The van der Waals surface area contributed by atoms with E-state index in [0.29, 0.717) is 12.5 Å². The minimum atomic E-state index is -5.84. The highest BCUT2D eigenvalue weighted by molar-refractivity contribution is 7.86. The summed E-state index contributed by atoms with van der Waals surface area (Å²) in [6, 6.07) is 15.7. The van der Waals surface area contributed by atoms with E-state index in [4.69, 9.17) is 17.7 Å². The molecule has 0 aliphatic heterocycles. The maximum Gasteiger partial charge on any atom is 0.522 e. The van der Waals surface area contributed by atoms with Gasteiger partial charge in [0.05, 0.1) is 0 Å². The molecule has 0 amide bonds. The number of hydrogen-bond donors (Lipinski definition) is 1. The molecule has 5 nitrogen and oxygen atoms in total. The Hall–Kier alpha value is -2.13. The lowest BCUT2D eigenvalue weighted by Gasteiger charge is -2.03. The number of alkyl halides is 3. The lowest BCUT2D eigenvalue weighted by atomic mass is 10.2. The standard InChI is InChI=1S/C12H11NO.CHF3O3S/c1-2-6-11(7-3-1)10-14-12-8-4-5-9-13-12;2-1(3,4)8(5,6)7/h1-9H,10H2;(H,5,6,7). The molecule has 1 aromatic heterocycles. The van der Waals surface area contributed by atoms with Gasteiger partial charge in [0.15, 0.2) is 0 Å². The average molecular weight is 335 g/mol. The SMILES string of the molecule is O=S(=O)(O)C(F)(F)F.c1ccc(COc2ccccn2)cc1. The molecule has 0 saturated heterocycles. The summed E-state index contributed by atoms with van der Waals surface area (Å²) < 4.78 is 63.0. The largest absolute Gasteiger partial charge is 0.522 e. The summed E-state index contributed by atoms with van der Waals surface area (Å²) in [6.45, 7) is 0.567. The van der Waals surface area contributed by atoms with Gasteiger partial charge < -0.3 is 4.74 Å². The second kappa shape index (κ2) is 7.76. The molecule has 0 spiro atoms. The summed E-state index contributed by atoms with van der Waals surface area (Å²) >= 11 is 0. The van der Waals surface area contributed by atoms with Crippen molar-refractivity contribution in [3.8, 4) is 5.88 Å². The van der Waals surface area contributed by atoms with Crippen LogP contribution in [0.25, 0.3) is 0 Å². The van der Waals surface area contributed by atoms with E-state index in [1.165, 1.54) is 0 Å². The molecule has 2 aromatic rings. The Balaban J connectivity index is 0.000000261. The number of rotatable bonds is 3. The topological polar surface area (TPSA) is 76.5 Å². The Morgan fingerprint density at radius 3 is 2.05 bits per heavy atom. The first-order valence-electron chi connectivity index (χ1n) is 5.81. The van der Waals surface area contributed by atoms with Crippen molar-refractivity contribution in [3.05, 3.63) is 60.3 Å². The predicted octanol–water partition coefficient (Wildman–Crippen LogP) is 3.05. The van der Waals surface area contributed by atoms with Crippen LogP contribution in [-0.4, -0.2) is 23.5 Å². The number of aromatic nitrogens is 1. The Labute approximate surface area is 125 Å². The Bertz CT molecular complexity index is 621. The van der Waals surface area contributed by atoms with Crippen molar-refractivity contribution in [2.24, 2.45) is 0 Å². The number of nitrogens with zero attached hydrogens (tertiary/aromatic N) is 1. The molecule has 2 rings (SSSR count). The lowest BCUT2D eigenvalue weighted by molar-refractivity contribution is -0.0510. The van der Waals surface area contributed by atoms with E-state index in [1.54, 1.807) is 6.20 Å². The summed E-state index contributed by atoms with van der Waals surface area (Å²) in [5.41, 5.74) is -4.38. The van der Waals surface area contributed by atoms with Crippen LogP contribution in [0, 0.1) is 0 Å². The zero-order chi connectivity index (χ0) is 16.6. The second-order valence-electron chi connectivity index (χ2n) is 3.86. The normalized spacial score (nSPS) is 11.3. The second-order valence-corrected chi connectivity index (χ2v) is 5.28. The third kappa shape index (κ3) is 6.55. The lowest BCUT2D eigenvalue weighted by Crippen LogP contribution is -2.21. The van der Waals surface area contributed by atoms with Crippen LogP contribution >= 0.6 is 0 Å². The molecule has 0 saturated carbocycles. The van der Waals surface area contributed by atoms with Gasteiger partial charge in [-0.25, -0.2) is 4.98 Å². The smallest absolute Gasteiger partial charge is 0.473 e. The third-order valence-corrected chi connectivity index (χ3v) is 2.74. The molecule has 0 fully saturated rings. The first-order chi connectivity index (χ1) is 10.2. The van der Waals surface area contributed by atoms with Gasteiger partial charge in [0.1, 0.15) is 6.61 Å². The number of hydrogen-bond acceptors (Lipinski definition) is 4. The molecule has 0 aliphatic carbocycles. The van der Waals surface area contributed by atoms with Crippen LogP contribution in [0.3, 0.4) is 0 Å².